The van der Waals surface area contributed by atoms with E-state index < -0.39 is 0 Å². The SMILES string of the molecule is Cc1cc(Oc2ccc(C(=O)c3c[nH]c4ncnc(Cl)c34)c(Cl)c2)c2occc2c1. The molecule has 8 heteroatoms. The molecule has 5 aromatic rings. The number of benzene rings is 2. The van der Waals surface area contributed by atoms with Gasteiger partial charge in [0.1, 0.15) is 22.9 Å². The summed E-state index contributed by atoms with van der Waals surface area (Å²) in [6.07, 6.45) is 4.49. The van der Waals surface area contributed by atoms with Crippen LogP contribution in [0, 0.1) is 6.92 Å². The number of nitrogens with zero attached hydrogens (tertiary/aromatic N) is 2. The number of rotatable bonds is 4. The summed E-state index contributed by atoms with van der Waals surface area (Å²) in [5.74, 6) is 0.768. The molecular formula is C22H13Cl2N3O3. The van der Waals surface area contributed by atoms with E-state index >= 15 is 0 Å². The first-order valence-corrected chi connectivity index (χ1v) is 9.74. The molecule has 0 unspecified atom stereocenters. The van der Waals surface area contributed by atoms with Crippen molar-refractivity contribution >= 4 is 51.0 Å². The lowest BCUT2D eigenvalue weighted by atomic mass is 10.0. The van der Waals surface area contributed by atoms with Crippen molar-refractivity contribution in [2.45, 2.75) is 6.92 Å². The molecule has 0 amide bonds. The van der Waals surface area contributed by atoms with Crippen LogP contribution in [0.2, 0.25) is 10.2 Å². The van der Waals surface area contributed by atoms with E-state index in [9.17, 15) is 4.79 Å². The molecule has 3 aromatic heterocycles. The molecule has 3 heterocycles. The molecule has 0 fully saturated rings. The molecule has 0 aliphatic carbocycles. The van der Waals surface area contributed by atoms with Crippen LogP contribution in [0.1, 0.15) is 21.5 Å². The summed E-state index contributed by atoms with van der Waals surface area (Å²) >= 11 is 12.6. The smallest absolute Gasteiger partial charge is 0.196 e. The fraction of sp³-hybridized carbons (Fsp3) is 0.0455. The van der Waals surface area contributed by atoms with Gasteiger partial charge in [0.2, 0.25) is 0 Å². The van der Waals surface area contributed by atoms with Crippen molar-refractivity contribution in [2.75, 3.05) is 0 Å². The minimum absolute atomic E-state index is 0.197. The number of ether oxygens (including phenoxy) is 1. The molecule has 0 saturated carbocycles. The third-order valence-electron chi connectivity index (χ3n) is 4.74. The Morgan fingerprint density at radius 2 is 1.97 bits per heavy atom. The minimum atomic E-state index is -0.293. The summed E-state index contributed by atoms with van der Waals surface area (Å²) in [6.45, 7) is 1.98. The minimum Gasteiger partial charge on any atom is -0.460 e. The fourth-order valence-electron chi connectivity index (χ4n) is 3.39. The van der Waals surface area contributed by atoms with Crippen LogP contribution in [0.25, 0.3) is 22.0 Å². The van der Waals surface area contributed by atoms with E-state index in [0.29, 0.717) is 39.2 Å². The number of hydrogen-bond donors (Lipinski definition) is 1. The average Bonchev–Trinajstić information content (AvgIpc) is 3.35. The number of nitrogens with one attached hydrogen (secondary N) is 1. The highest BCUT2D eigenvalue weighted by molar-refractivity contribution is 6.38. The van der Waals surface area contributed by atoms with Crippen molar-refractivity contribution in [3.63, 3.8) is 0 Å². The van der Waals surface area contributed by atoms with Crippen LogP contribution in [-0.2, 0) is 0 Å². The Morgan fingerprint density at radius 1 is 1.10 bits per heavy atom. The summed E-state index contributed by atoms with van der Waals surface area (Å²) in [6, 6.07) is 10.7. The number of furan rings is 1. The zero-order chi connectivity index (χ0) is 20.8. The molecular weight excluding hydrogens is 425 g/mol. The van der Waals surface area contributed by atoms with Crippen LogP contribution in [-0.4, -0.2) is 20.7 Å². The number of carbonyl (C=O) groups is 1. The normalized spacial score (nSPS) is 11.3. The summed E-state index contributed by atoms with van der Waals surface area (Å²) in [5.41, 5.74) is 2.83. The molecule has 0 bridgehead atoms. The lowest BCUT2D eigenvalue weighted by molar-refractivity contribution is 0.104. The van der Waals surface area contributed by atoms with E-state index in [0.717, 1.165) is 10.9 Å². The molecule has 0 aliphatic rings. The summed E-state index contributed by atoms with van der Waals surface area (Å²) in [7, 11) is 0. The maximum absolute atomic E-state index is 13.1. The first-order valence-electron chi connectivity index (χ1n) is 8.99. The highest BCUT2D eigenvalue weighted by atomic mass is 35.5. The zero-order valence-corrected chi connectivity index (χ0v) is 17.1. The van der Waals surface area contributed by atoms with Gasteiger partial charge in [0, 0.05) is 23.2 Å². The van der Waals surface area contributed by atoms with Gasteiger partial charge in [0.05, 0.1) is 22.2 Å². The number of carbonyl (C=O) groups excluding carboxylic acids is 1. The second kappa shape index (κ2) is 7.16. The number of ketones is 1. The van der Waals surface area contributed by atoms with Crippen molar-refractivity contribution in [1.82, 2.24) is 15.0 Å². The number of halogens is 2. The largest absolute Gasteiger partial charge is 0.460 e. The Morgan fingerprint density at radius 3 is 2.80 bits per heavy atom. The van der Waals surface area contributed by atoms with Crippen LogP contribution >= 0.6 is 23.2 Å². The Kier molecular flexibility index (Phi) is 4.46. The van der Waals surface area contributed by atoms with Gasteiger partial charge in [-0.3, -0.25) is 4.79 Å². The van der Waals surface area contributed by atoms with Gasteiger partial charge >= 0.3 is 0 Å². The molecule has 0 saturated heterocycles. The van der Waals surface area contributed by atoms with Crippen LogP contribution in [0.5, 0.6) is 11.5 Å². The molecule has 2 aromatic carbocycles. The standard InChI is InChI=1S/C22H13Cl2N3O3/c1-11-6-12-4-5-29-20(12)17(7-11)30-13-2-3-14(16(23)8-13)19(28)15-9-25-22-18(15)21(24)26-10-27-22/h2-10H,1H3,(H,25,26,27). The van der Waals surface area contributed by atoms with E-state index in [2.05, 4.69) is 15.0 Å². The number of aromatic nitrogens is 3. The molecule has 0 atom stereocenters. The van der Waals surface area contributed by atoms with Gasteiger partial charge in [-0.2, -0.15) is 0 Å². The molecule has 1 N–H and O–H groups in total. The number of aryl methyl sites for hydroxylation is 1. The summed E-state index contributed by atoms with van der Waals surface area (Å²) in [5, 5.41) is 1.85. The Bertz CT molecular complexity index is 1440. The van der Waals surface area contributed by atoms with Crippen molar-refractivity contribution < 1.29 is 13.9 Å². The molecule has 148 valence electrons. The van der Waals surface area contributed by atoms with Crippen LogP contribution in [0.15, 0.2) is 59.6 Å². The predicted octanol–water partition coefficient (Wildman–Crippen LogP) is 6.34. The van der Waals surface area contributed by atoms with Crippen LogP contribution in [0.4, 0.5) is 0 Å². The summed E-state index contributed by atoms with van der Waals surface area (Å²) in [4.78, 5) is 24.0. The highest BCUT2D eigenvalue weighted by Crippen LogP contribution is 2.34. The highest BCUT2D eigenvalue weighted by Gasteiger charge is 2.20. The van der Waals surface area contributed by atoms with Gasteiger partial charge in [0.15, 0.2) is 17.1 Å². The van der Waals surface area contributed by atoms with Crippen LogP contribution < -0.4 is 4.74 Å². The molecule has 5 rings (SSSR count). The van der Waals surface area contributed by atoms with Crippen molar-refractivity contribution in [2.24, 2.45) is 0 Å². The second-order valence-electron chi connectivity index (χ2n) is 6.77. The first kappa shape index (κ1) is 18.7. The van der Waals surface area contributed by atoms with Gasteiger partial charge in [-0.05, 0) is 42.8 Å². The average molecular weight is 438 g/mol. The van der Waals surface area contributed by atoms with Gasteiger partial charge in [-0.25, -0.2) is 9.97 Å². The van der Waals surface area contributed by atoms with E-state index in [4.69, 9.17) is 32.4 Å². The molecule has 30 heavy (non-hydrogen) atoms. The number of H-pyrrole nitrogens is 1. The van der Waals surface area contributed by atoms with Crippen LogP contribution in [0.3, 0.4) is 0 Å². The second-order valence-corrected chi connectivity index (χ2v) is 7.53. The monoisotopic (exact) mass is 437 g/mol. The van der Waals surface area contributed by atoms with Crippen molar-refractivity contribution in [3.05, 3.63) is 82.1 Å². The topological polar surface area (TPSA) is 81.0 Å². The number of aromatic amines is 1. The van der Waals surface area contributed by atoms with Gasteiger partial charge < -0.3 is 14.1 Å². The zero-order valence-electron chi connectivity index (χ0n) is 15.6. The maximum atomic E-state index is 13.1. The Labute approximate surface area is 180 Å². The van der Waals surface area contributed by atoms with Gasteiger partial charge in [-0.15, -0.1) is 0 Å². The van der Waals surface area contributed by atoms with E-state index in [1.807, 2.05) is 25.1 Å². The molecule has 6 nitrogen and oxygen atoms in total. The molecule has 0 spiro atoms. The first-order chi connectivity index (χ1) is 14.5. The maximum Gasteiger partial charge on any atom is 0.196 e. The van der Waals surface area contributed by atoms with Crippen molar-refractivity contribution in [1.29, 1.82) is 0 Å². The number of hydrogen-bond acceptors (Lipinski definition) is 5. The third-order valence-corrected chi connectivity index (χ3v) is 5.34. The fourth-order valence-corrected chi connectivity index (χ4v) is 3.88. The van der Waals surface area contributed by atoms with E-state index in [1.54, 1.807) is 30.7 Å². The van der Waals surface area contributed by atoms with Gasteiger partial charge in [-0.1, -0.05) is 23.2 Å². The lowest BCUT2D eigenvalue weighted by Gasteiger charge is -2.10. The Hall–Kier alpha value is -3.35. The summed E-state index contributed by atoms with van der Waals surface area (Å²) < 4.78 is 11.5. The van der Waals surface area contributed by atoms with Crippen molar-refractivity contribution in [3.8, 4) is 11.5 Å². The molecule has 0 aliphatic heterocycles. The van der Waals surface area contributed by atoms with Gasteiger partial charge in [0.25, 0.3) is 0 Å². The number of fused-ring (bicyclic) bond motifs is 2. The quantitative estimate of drug-likeness (QED) is 0.262. The van der Waals surface area contributed by atoms with E-state index in [-0.39, 0.29) is 16.0 Å². The third kappa shape index (κ3) is 3.10. The Balaban J connectivity index is 1.50. The molecule has 0 radical (unpaired) electrons. The predicted molar refractivity (Wildman–Crippen MR) is 115 cm³/mol. The lowest BCUT2D eigenvalue weighted by Crippen LogP contribution is -2.02. The van der Waals surface area contributed by atoms with E-state index in [1.165, 1.54) is 6.33 Å².